The van der Waals surface area contributed by atoms with E-state index in [-0.39, 0.29) is 5.82 Å². The molecule has 2 nitrogen and oxygen atoms in total. The first-order valence-corrected chi connectivity index (χ1v) is 6.96. The predicted molar refractivity (Wildman–Crippen MR) is 80.0 cm³/mol. The van der Waals surface area contributed by atoms with Crippen molar-refractivity contribution in [3.63, 3.8) is 0 Å². The van der Waals surface area contributed by atoms with Crippen molar-refractivity contribution in [1.29, 1.82) is 0 Å². The lowest BCUT2D eigenvalue weighted by Gasteiger charge is -2.09. The van der Waals surface area contributed by atoms with Gasteiger partial charge in [0.1, 0.15) is 11.6 Å². The molecule has 100 valence electrons. The van der Waals surface area contributed by atoms with Crippen molar-refractivity contribution in [3.8, 4) is 0 Å². The second kappa shape index (κ2) is 6.15. The Morgan fingerprint density at radius 3 is 2.74 bits per heavy atom. The molecule has 0 fully saturated rings. The number of nitrogens with one attached hydrogen (secondary N) is 1. The number of aromatic nitrogens is 1. The first-order valence-electron chi connectivity index (χ1n) is 6.17. The molecule has 0 radical (unpaired) electrons. The van der Waals surface area contributed by atoms with Gasteiger partial charge in [-0.1, -0.05) is 6.07 Å². The van der Waals surface area contributed by atoms with E-state index in [4.69, 9.17) is 0 Å². The fourth-order valence-corrected chi connectivity index (χ4v) is 2.52. The average molecular weight is 323 g/mol. The van der Waals surface area contributed by atoms with Gasteiger partial charge in [0.05, 0.1) is 4.47 Å². The number of pyridine rings is 1. The zero-order chi connectivity index (χ0) is 13.8. The number of anilines is 1. The predicted octanol–water partition coefficient (Wildman–Crippen LogP) is 4.25. The van der Waals surface area contributed by atoms with Crippen LogP contribution in [-0.4, -0.2) is 11.5 Å². The Balaban J connectivity index is 1.96. The first-order chi connectivity index (χ1) is 9.06. The largest absolute Gasteiger partial charge is 0.369 e. The number of hydrogen-bond donors (Lipinski definition) is 1. The summed E-state index contributed by atoms with van der Waals surface area (Å²) in [4.78, 5) is 4.33. The number of nitrogens with zero attached hydrogens (tertiary/aromatic N) is 1. The highest BCUT2D eigenvalue weighted by molar-refractivity contribution is 9.10. The van der Waals surface area contributed by atoms with Gasteiger partial charge in [-0.2, -0.15) is 0 Å². The Bertz CT molecular complexity index is 533. The summed E-state index contributed by atoms with van der Waals surface area (Å²) < 4.78 is 14.0. The number of halogens is 2. The average Bonchev–Trinajstić information content (AvgIpc) is 2.34. The molecule has 0 amide bonds. The first kappa shape index (κ1) is 14.0. The number of rotatable bonds is 4. The van der Waals surface area contributed by atoms with Gasteiger partial charge in [0.2, 0.25) is 0 Å². The minimum absolute atomic E-state index is 0.183. The highest BCUT2D eigenvalue weighted by Crippen LogP contribution is 2.20. The van der Waals surface area contributed by atoms with Crippen LogP contribution in [0.1, 0.15) is 16.7 Å². The molecule has 0 unspecified atom stereocenters. The molecule has 19 heavy (non-hydrogen) atoms. The molecule has 0 bridgehead atoms. The molecular weight excluding hydrogens is 307 g/mol. The zero-order valence-electron chi connectivity index (χ0n) is 11.0. The summed E-state index contributed by atoms with van der Waals surface area (Å²) in [5.41, 5.74) is 3.25. The molecule has 1 aromatic carbocycles. The van der Waals surface area contributed by atoms with Crippen molar-refractivity contribution in [3.05, 3.63) is 57.4 Å². The minimum atomic E-state index is -0.183. The maximum Gasteiger partial charge on any atom is 0.140 e. The maximum atomic E-state index is 13.0. The van der Waals surface area contributed by atoms with Gasteiger partial charge in [0.25, 0.3) is 0 Å². The fourth-order valence-electron chi connectivity index (χ4n) is 1.92. The zero-order valence-corrected chi connectivity index (χ0v) is 12.6. The molecule has 2 rings (SSSR count). The summed E-state index contributed by atoms with van der Waals surface area (Å²) in [6, 6.07) is 6.93. The Morgan fingerprint density at radius 2 is 2.05 bits per heavy atom. The molecule has 0 atom stereocenters. The molecule has 1 N–H and O–H groups in total. The van der Waals surface area contributed by atoms with Crippen LogP contribution < -0.4 is 5.32 Å². The van der Waals surface area contributed by atoms with E-state index in [0.29, 0.717) is 0 Å². The Morgan fingerprint density at radius 1 is 1.26 bits per heavy atom. The van der Waals surface area contributed by atoms with Crippen molar-refractivity contribution in [1.82, 2.24) is 4.98 Å². The van der Waals surface area contributed by atoms with Gasteiger partial charge in [0, 0.05) is 12.7 Å². The minimum Gasteiger partial charge on any atom is -0.369 e. The van der Waals surface area contributed by atoms with E-state index >= 15 is 0 Å². The molecule has 0 aliphatic carbocycles. The summed E-state index contributed by atoms with van der Waals surface area (Å²) in [7, 11) is 0. The van der Waals surface area contributed by atoms with Crippen LogP contribution in [0.3, 0.4) is 0 Å². The fraction of sp³-hybridized carbons (Fsp3) is 0.267. The quantitative estimate of drug-likeness (QED) is 0.910. The molecule has 0 aliphatic rings. The molecule has 1 aromatic heterocycles. The SMILES string of the molecule is Cc1cnc(NCCc2ccc(F)cc2C)c(Br)c1. The number of aryl methyl sites for hydroxylation is 2. The number of hydrogen-bond acceptors (Lipinski definition) is 2. The lowest BCUT2D eigenvalue weighted by molar-refractivity contribution is 0.625. The van der Waals surface area contributed by atoms with Gasteiger partial charge >= 0.3 is 0 Å². The van der Waals surface area contributed by atoms with E-state index < -0.39 is 0 Å². The summed E-state index contributed by atoms with van der Waals surface area (Å²) in [6.45, 7) is 4.70. The third-order valence-corrected chi connectivity index (χ3v) is 3.57. The number of benzene rings is 1. The molecule has 4 heteroatoms. The van der Waals surface area contributed by atoms with E-state index in [9.17, 15) is 4.39 Å². The van der Waals surface area contributed by atoms with Crippen LogP contribution in [0, 0.1) is 19.7 Å². The normalized spacial score (nSPS) is 10.5. The van der Waals surface area contributed by atoms with E-state index in [1.165, 1.54) is 6.07 Å². The summed E-state index contributed by atoms with van der Waals surface area (Å²) in [5.74, 6) is 0.655. The van der Waals surface area contributed by atoms with Crippen LogP contribution >= 0.6 is 15.9 Å². The van der Waals surface area contributed by atoms with E-state index in [0.717, 1.165) is 39.9 Å². The Hall–Kier alpha value is -1.42. The molecule has 0 saturated carbocycles. The van der Waals surface area contributed by atoms with Gasteiger partial charge in [0.15, 0.2) is 0 Å². The Labute approximate surface area is 121 Å². The second-order valence-electron chi connectivity index (χ2n) is 4.59. The third-order valence-electron chi connectivity index (χ3n) is 2.97. The lowest BCUT2D eigenvalue weighted by atomic mass is 10.1. The van der Waals surface area contributed by atoms with Crippen molar-refractivity contribution in [2.24, 2.45) is 0 Å². The van der Waals surface area contributed by atoms with Crippen LogP contribution in [0.15, 0.2) is 34.9 Å². The van der Waals surface area contributed by atoms with Crippen molar-refractivity contribution >= 4 is 21.7 Å². The van der Waals surface area contributed by atoms with Gasteiger partial charge in [-0.15, -0.1) is 0 Å². The van der Waals surface area contributed by atoms with Gasteiger partial charge in [-0.25, -0.2) is 9.37 Å². The van der Waals surface area contributed by atoms with Crippen LogP contribution in [0.2, 0.25) is 0 Å². The van der Waals surface area contributed by atoms with Crippen LogP contribution in [-0.2, 0) is 6.42 Å². The summed E-state index contributed by atoms with van der Waals surface area (Å²) in [6.07, 6.45) is 2.67. The van der Waals surface area contributed by atoms with Crippen LogP contribution in [0.4, 0.5) is 10.2 Å². The Kier molecular flexibility index (Phi) is 4.53. The molecule has 0 spiro atoms. The standard InChI is InChI=1S/C15H16BrFN2/c1-10-7-14(16)15(19-9-10)18-6-5-12-3-4-13(17)8-11(12)2/h3-4,7-9H,5-6H2,1-2H3,(H,18,19). The molecule has 0 aliphatic heterocycles. The second-order valence-corrected chi connectivity index (χ2v) is 5.45. The van der Waals surface area contributed by atoms with Crippen molar-refractivity contribution in [2.75, 3.05) is 11.9 Å². The van der Waals surface area contributed by atoms with Crippen LogP contribution in [0.5, 0.6) is 0 Å². The van der Waals surface area contributed by atoms with Crippen molar-refractivity contribution < 1.29 is 4.39 Å². The van der Waals surface area contributed by atoms with Crippen molar-refractivity contribution in [2.45, 2.75) is 20.3 Å². The molecular formula is C15H16BrFN2. The van der Waals surface area contributed by atoms with E-state index in [1.807, 2.05) is 32.2 Å². The molecule has 0 saturated heterocycles. The van der Waals surface area contributed by atoms with Crippen LogP contribution in [0.25, 0.3) is 0 Å². The van der Waals surface area contributed by atoms with Gasteiger partial charge in [-0.05, 0) is 71.1 Å². The van der Waals surface area contributed by atoms with E-state index in [2.05, 4.69) is 26.2 Å². The van der Waals surface area contributed by atoms with E-state index in [1.54, 1.807) is 6.07 Å². The highest BCUT2D eigenvalue weighted by Gasteiger charge is 2.03. The summed E-state index contributed by atoms with van der Waals surface area (Å²) >= 11 is 3.48. The van der Waals surface area contributed by atoms with Gasteiger partial charge in [-0.3, -0.25) is 0 Å². The third kappa shape index (κ3) is 3.77. The van der Waals surface area contributed by atoms with Gasteiger partial charge < -0.3 is 5.32 Å². The smallest absolute Gasteiger partial charge is 0.140 e. The maximum absolute atomic E-state index is 13.0. The monoisotopic (exact) mass is 322 g/mol. The topological polar surface area (TPSA) is 24.9 Å². The summed E-state index contributed by atoms with van der Waals surface area (Å²) in [5, 5.41) is 3.28. The molecule has 1 heterocycles. The molecule has 2 aromatic rings. The lowest BCUT2D eigenvalue weighted by Crippen LogP contribution is -2.08. The highest BCUT2D eigenvalue weighted by atomic mass is 79.9.